The lowest BCUT2D eigenvalue weighted by Crippen LogP contribution is -2.11. The highest BCUT2D eigenvalue weighted by molar-refractivity contribution is 7.18. The second-order valence-corrected chi connectivity index (χ2v) is 6.16. The van der Waals surface area contributed by atoms with E-state index in [1.54, 1.807) is 6.07 Å². The predicted molar refractivity (Wildman–Crippen MR) is 84.3 cm³/mol. The van der Waals surface area contributed by atoms with Crippen molar-refractivity contribution in [1.29, 1.82) is 0 Å². The fraction of sp³-hybridized carbons (Fsp3) is 0.200. The number of nitrogens with zero attached hydrogens (tertiary/aromatic N) is 3. The summed E-state index contributed by atoms with van der Waals surface area (Å²) in [4.78, 5) is 4.43. The van der Waals surface area contributed by atoms with Gasteiger partial charge in [-0.05, 0) is 12.1 Å². The number of alkyl halides is 3. The molecule has 0 radical (unpaired) electrons. The number of aryl methyl sites for hydroxylation is 1. The molecule has 2 aromatic heterocycles. The molecule has 0 aliphatic carbocycles. The lowest BCUT2D eigenvalue weighted by atomic mass is 10.2. The SMILES string of the molecule is Cn1nc(C(F)(F)F)cc1-c1cnc(NC(O)c2ccccc2F)s1. The molecule has 1 atom stereocenters. The number of benzene rings is 1. The van der Waals surface area contributed by atoms with Crippen LogP contribution in [0.5, 0.6) is 0 Å². The second kappa shape index (κ2) is 6.45. The number of aliphatic hydroxyl groups is 1. The maximum absolute atomic E-state index is 13.6. The van der Waals surface area contributed by atoms with Crippen LogP contribution in [-0.2, 0) is 13.2 Å². The van der Waals surface area contributed by atoms with E-state index in [4.69, 9.17) is 0 Å². The maximum atomic E-state index is 13.6. The van der Waals surface area contributed by atoms with Crippen molar-refractivity contribution in [2.75, 3.05) is 5.32 Å². The number of anilines is 1. The third-order valence-electron chi connectivity index (χ3n) is 3.39. The summed E-state index contributed by atoms with van der Waals surface area (Å²) in [6.45, 7) is 0. The quantitative estimate of drug-likeness (QED) is 0.540. The Kier molecular flexibility index (Phi) is 4.48. The third-order valence-corrected chi connectivity index (χ3v) is 4.34. The van der Waals surface area contributed by atoms with Gasteiger partial charge in [-0.25, -0.2) is 9.37 Å². The number of halogens is 4. The van der Waals surface area contributed by atoms with Gasteiger partial charge >= 0.3 is 6.18 Å². The highest BCUT2D eigenvalue weighted by Gasteiger charge is 2.34. The van der Waals surface area contributed by atoms with Crippen molar-refractivity contribution in [3.63, 3.8) is 0 Å². The summed E-state index contributed by atoms with van der Waals surface area (Å²) in [5, 5.41) is 16.3. The van der Waals surface area contributed by atoms with Crippen molar-refractivity contribution in [1.82, 2.24) is 14.8 Å². The zero-order valence-electron chi connectivity index (χ0n) is 12.8. The van der Waals surface area contributed by atoms with E-state index in [0.29, 0.717) is 4.88 Å². The number of nitrogens with one attached hydrogen (secondary N) is 1. The smallest absolute Gasteiger partial charge is 0.369 e. The fourth-order valence-corrected chi connectivity index (χ4v) is 3.07. The Morgan fingerprint density at radius 1 is 1.28 bits per heavy atom. The van der Waals surface area contributed by atoms with Crippen LogP contribution in [-0.4, -0.2) is 19.9 Å². The molecular weight excluding hydrogens is 360 g/mol. The van der Waals surface area contributed by atoms with E-state index in [2.05, 4.69) is 15.4 Å². The summed E-state index contributed by atoms with van der Waals surface area (Å²) in [5.74, 6) is -0.583. The molecule has 25 heavy (non-hydrogen) atoms. The van der Waals surface area contributed by atoms with Crippen molar-refractivity contribution in [2.24, 2.45) is 7.05 Å². The Labute approximate surface area is 143 Å². The summed E-state index contributed by atoms with van der Waals surface area (Å²) in [6.07, 6.45) is -4.52. The summed E-state index contributed by atoms with van der Waals surface area (Å²) in [5.41, 5.74) is -0.725. The second-order valence-electron chi connectivity index (χ2n) is 5.13. The molecule has 2 N–H and O–H groups in total. The van der Waals surface area contributed by atoms with E-state index in [9.17, 15) is 22.7 Å². The molecule has 0 aliphatic rings. The number of hydrogen-bond donors (Lipinski definition) is 2. The van der Waals surface area contributed by atoms with Crippen molar-refractivity contribution < 1.29 is 22.7 Å². The van der Waals surface area contributed by atoms with Gasteiger partial charge < -0.3 is 10.4 Å². The number of aromatic nitrogens is 3. The summed E-state index contributed by atoms with van der Waals surface area (Å²) < 4.78 is 52.9. The Balaban J connectivity index is 1.81. The first-order chi connectivity index (χ1) is 11.8. The Morgan fingerprint density at radius 2 is 2.00 bits per heavy atom. The van der Waals surface area contributed by atoms with E-state index in [-0.39, 0.29) is 16.4 Å². The molecule has 1 unspecified atom stereocenters. The van der Waals surface area contributed by atoms with Crippen molar-refractivity contribution in [3.05, 3.63) is 53.6 Å². The average Bonchev–Trinajstić information content (AvgIpc) is 3.13. The lowest BCUT2D eigenvalue weighted by molar-refractivity contribution is -0.141. The van der Waals surface area contributed by atoms with Crippen molar-refractivity contribution in [3.8, 4) is 10.6 Å². The molecule has 0 saturated carbocycles. The zero-order chi connectivity index (χ0) is 18.2. The van der Waals surface area contributed by atoms with Gasteiger partial charge in [0.15, 0.2) is 17.1 Å². The maximum Gasteiger partial charge on any atom is 0.435 e. The molecule has 5 nitrogen and oxygen atoms in total. The molecule has 0 saturated heterocycles. The van der Waals surface area contributed by atoms with Crippen molar-refractivity contribution >= 4 is 16.5 Å². The minimum Gasteiger partial charge on any atom is -0.369 e. The number of hydrogen-bond acceptors (Lipinski definition) is 5. The van der Waals surface area contributed by atoms with Crippen LogP contribution in [0.3, 0.4) is 0 Å². The lowest BCUT2D eigenvalue weighted by Gasteiger charge is -2.12. The largest absolute Gasteiger partial charge is 0.435 e. The van der Waals surface area contributed by atoms with Gasteiger partial charge in [0.2, 0.25) is 0 Å². The van der Waals surface area contributed by atoms with Crippen molar-refractivity contribution in [2.45, 2.75) is 12.4 Å². The summed E-state index contributed by atoms with van der Waals surface area (Å²) in [6, 6.07) is 6.61. The zero-order valence-corrected chi connectivity index (χ0v) is 13.6. The molecule has 3 rings (SSSR count). The molecule has 3 aromatic rings. The average molecular weight is 372 g/mol. The molecule has 2 heterocycles. The number of aliphatic hydroxyl groups excluding tert-OH is 1. The van der Waals surface area contributed by atoms with Gasteiger partial charge in [0.05, 0.1) is 10.6 Å². The van der Waals surface area contributed by atoms with Crippen LogP contribution >= 0.6 is 11.3 Å². The Hall–Kier alpha value is -2.46. The minimum atomic E-state index is -4.54. The number of thiazole rings is 1. The number of rotatable bonds is 4. The van der Waals surface area contributed by atoms with Crippen LogP contribution in [0.25, 0.3) is 10.6 Å². The van der Waals surface area contributed by atoms with Gasteiger partial charge in [-0.2, -0.15) is 18.3 Å². The van der Waals surface area contributed by atoms with Gasteiger partial charge in [0.25, 0.3) is 0 Å². The Morgan fingerprint density at radius 3 is 2.64 bits per heavy atom. The molecule has 10 heteroatoms. The van der Waals surface area contributed by atoms with E-state index in [1.807, 2.05) is 0 Å². The van der Waals surface area contributed by atoms with Crippen LogP contribution in [0.1, 0.15) is 17.5 Å². The molecule has 0 aliphatic heterocycles. The van der Waals surface area contributed by atoms with E-state index in [0.717, 1.165) is 22.1 Å². The highest BCUT2D eigenvalue weighted by atomic mass is 32.1. The molecule has 0 bridgehead atoms. The normalized spacial score (nSPS) is 13.0. The van der Waals surface area contributed by atoms with Gasteiger partial charge in [-0.3, -0.25) is 4.68 Å². The first-order valence-electron chi connectivity index (χ1n) is 7.02. The molecule has 132 valence electrons. The Bertz CT molecular complexity index is 890. The topological polar surface area (TPSA) is 63.0 Å². The van der Waals surface area contributed by atoms with Crippen LogP contribution in [0.15, 0.2) is 36.5 Å². The third kappa shape index (κ3) is 3.64. The van der Waals surface area contributed by atoms with Gasteiger partial charge in [-0.15, -0.1) is 0 Å². The molecule has 0 spiro atoms. The van der Waals surface area contributed by atoms with Crippen LogP contribution in [0.2, 0.25) is 0 Å². The van der Waals surface area contributed by atoms with E-state index < -0.39 is 23.9 Å². The molecular formula is C15H12F4N4OS. The molecule has 0 amide bonds. The first kappa shape index (κ1) is 17.4. The summed E-state index contributed by atoms with van der Waals surface area (Å²) >= 11 is 1.02. The van der Waals surface area contributed by atoms with Gasteiger partial charge in [0.1, 0.15) is 5.82 Å². The van der Waals surface area contributed by atoms with E-state index in [1.165, 1.54) is 31.4 Å². The summed E-state index contributed by atoms with van der Waals surface area (Å²) in [7, 11) is 1.39. The van der Waals surface area contributed by atoms with E-state index >= 15 is 0 Å². The fourth-order valence-electron chi connectivity index (χ4n) is 2.19. The first-order valence-corrected chi connectivity index (χ1v) is 7.84. The predicted octanol–water partition coefficient (Wildman–Crippen LogP) is 3.80. The van der Waals surface area contributed by atoms with Crippen LogP contribution in [0, 0.1) is 5.82 Å². The minimum absolute atomic E-state index is 0.0409. The van der Waals surface area contributed by atoms with Gasteiger partial charge in [0, 0.05) is 18.8 Å². The highest BCUT2D eigenvalue weighted by Crippen LogP contribution is 2.35. The van der Waals surface area contributed by atoms with Crippen LogP contribution in [0.4, 0.5) is 22.7 Å². The monoisotopic (exact) mass is 372 g/mol. The molecule has 0 fully saturated rings. The molecule has 1 aromatic carbocycles. The van der Waals surface area contributed by atoms with Crippen LogP contribution < -0.4 is 5.32 Å². The van der Waals surface area contributed by atoms with Gasteiger partial charge in [-0.1, -0.05) is 29.5 Å². The standard InChI is InChI=1S/C15H12F4N4OS/c1-23-10(6-12(22-23)15(17,18)19)11-7-20-14(25-11)21-13(24)8-4-2-3-5-9(8)16/h2-7,13,24H,1H3,(H,20,21).